The molecule has 1 saturated heterocycles. The zero-order chi connectivity index (χ0) is 18.5. The number of nitrogens with one attached hydrogen (secondary N) is 1. The number of nitrogens with zero attached hydrogens (tertiary/aromatic N) is 4. The number of hydrogen-bond acceptors (Lipinski definition) is 5. The highest BCUT2D eigenvalue weighted by atomic mass is 16.5. The molecule has 1 aromatic rings. The lowest BCUT2D eigenvalue weighted by atomic mass is 10.1. The van der Waals surface area contributed by atoms with Crippen LogP contribution in [-0.2, 0) is 17.8 Å². The number of ether oxygens (including phenoxy) is 1. The van der Waals surface area contributed by atoms with Crippen LogP contribution in [0, 0.1) is 0 Å². The maximum absolute atomic E-state index is 12.6. The molecule has 0 atom stereocenters. The molecule has 146 valence electrons. The Morgan fingerprint density at radius 2 is 1.96 bits per heavy atom. The molecule has 0 spiro atoms. The van der Waals surface area contributed by atoms with Gasteiger partial charge in [-0.2, -0.15) is 5.10 Å². The third kappa shape index (κ3) is 4.45. The SMILES string of the molecule is CCN1CCN(CCCNC(=O)c2nn(C(C)C)c3c2COCC3)CC1. The highest BCUT2D eigenvalue weighted by Gasteiger charge is 2.26. The first kappa shape index (κ1) is 19.3. The van der Waals surface area contributed by atoms with E-state index in [0.29, 0.717) is 25.5 Å². The van der Waals surface area contributed by atoms with Gasteiger partial charge in [0.15, 0.2) is 5.69 Å². The Balaban J connectivity index is 1.48. The van der Waals surface area contributed by atoms with Crippen LogP contribution in [0.4, 0.5) is 0 Å². The second-order valence-electron chi connectivity index (χ2n) is 7.50. The first-order valence-corrected chi connectivity index (χ1v) is 10.0. The van der Waals surface area contributed by atoms with E-state index in [1.165, 1.54) is 0 Å². The van der Waals surface area contributed by atoms with Gasteiger partial charge in [0.25, 0.3) is 5.91 Å². The van der Waals surface area contributed by atoms with E-state index in [1.54, 1.807) is 0 Å². The van der Waals surface area contributed by atoms with Gasteiger partial charge in [0.05, 0.1) is 13.2 Å². The van der Waals surface area contributed by atoms with Crippen LogP contribution in [0.2, 0.25) is 0 Å². The summed E-state index contributed by atoms with van der Waals surface area (Å²) in [6, 6.07) is 0.255. The Bertz CT molecular complexity index is 605. The summed E-state index contributed by atoms with van der Waals surface area (Å²) < 4.78 is 7.54. The van der Waals surface area contributed by atoms with Gasteiger partial charge < -0.3 is 19.9 Å². The quantitative estimate of drug-likeness (QED) is 0.740. The Labute approximate surface area is 156 Å². The smallest absolute Gasteiger partial charge is 0.272 e. The molecule has 0 unspecified atom stereocenters. The number of piperazine rings is 1. The molecule has 26 heavy (non-hydrogen) atoms. The van der Waals surface area contributed by atoms with Gasteiger partial charge >= 0.3 is 0 Å². The van der Waals surface area contributed by atoms with Crippen LogP contribution in [0.25, 0.3) is 0 Å². The number of likely N-dealkylation sites (N-methyl/N-ethyl adjacent to an activating group) is 1. The number of rotatable bonds is 7. The molecule has 0 aromatic carbocycles. The number of carbonyl (C=O) groups excluding carboxylic acids is 1. The molecule has 2 aliphatic rings. The molecule has 1 fully saturated rings. The topological polar surface area (TPSA) is 62.6 Å². The highest BCUT2D eigenvalue weighted by molar-refractivity contribution is 5.94. The molecule has 2 aliphatic heterocycles. The average Bonchev–Trinajstić information content (AvgIpc) is 3.05. The molecular formula is C19H33N5O2. The second kappa shape index (κ2) is 8.97. The fraction of sp³-hybridized carbons (Fsp3) is 0.789. The average molecular weight is 364 g/mol. The van der Waals surface area contributed by atoms with Crippen molar-refractivity contribution in [2.75, 3.05) is 52.4 Å². The Kier molecular flexibility index (Phi) is 6.67. The molecule has 0 aliphatic carbocycles. The van der Waals surface area contributed by atoms with E-state index >= 15 is 0 Å². The lowest BCUT2D eigenvalue weighted by molar-refractivity contribution is 0.0920. The minimum absolute atomic E-state index is 0.0676. The van der Waals surface area contributed by atoms with E-state index in [4.69, 9.17) is 4.74 Å². The number of aromatic nitrogens is 2. The van der Waals surface area contributed by atoms with Crippen molar-refractivity contribution in [1.82, 2.24) is 24.9 Å². The summed E-state index contributed by atoms with van der Waals surface area (Å²) in [7, 11) is 0. The molecule has 0 saturated carbocycles. The summed E-state index contributed by atoms with van der Waals surface area (Å²) in [6.07, 6.45) is 1.80. The molecule has 7 heteroatoms. The zero-order valence-electron chi connectivity index (χ0n) is 16.5. The zero-order valence-corrected chi connectivity index (χ0v) is 16.5. The highest BCUT2D eigenvalue weighted by Crippen LogP contribution is 2.23. The van der Waals surface area contributed by atoms with Gasteiger partial charge in [0.1, 0.15) is 0 Å². The third-order valence-electron chi connectivity index (χ3n) is 5.40. The summed E-state index contributed by atoms with van der Waals surface area (Å²) in [6.45, 7) is 15.1. The fourth-order valence-electron chi connectivity index (χ4n) is 3.79. The van der Waals surface area contributed by atoms with Crippen LogP contribution in [-0.4, -0.2) is 77.9 Å². The first-order chi connectivity index (χ1) is 12.6. The van der Waals surface area contributed by atoms with E-state index in [0.717, 1.165) is 63.4 Å². The maximum Gasteiger partial charge on any atom is 0.272 e. The van der Waals surface area contributed by atoms with E-state index in [1.807, 2.05) is 4.68 Å². The number of hydrogen-bond donors (Lipinski definition) is 1. The van der Waals surface area contributed by atoms with Crippen LogP contribution in [0.1, 0.15) is 55.0 Å². The summed E-state index contributed by atoms with van der Waals surface area (Å²) in [5.74, 6) is -0.0676. The molecule has 0 bridgehead atoms. The van der Waals surface area contributed by atoms with Crippen LogP contribution >= 0.6 is 0 Å². The van der Waals surface area contributed by atoms with E-state index in [2.05, 4.69) is 41.0 Å². The molecule has 1 aromatic heterocycles. The number of amides is 1. The minimum Gasteiger partial charge on any atom is -0.376 e. The largest absolute Gasteiger partial charge is 0.376 e. The van der Waals surface area contributed by atoms with Gasteiger partial charge in [0, 0.05) is 56.4 Å². The van der Waals surface area contributed by atoms with Crippen molar-refractivity contribution >= 4 is 5.91 Å². The minimum atomic E-state index is -0.0676. The summed E-state index contributed by atoms with van der Waals surface area (Å²) >= 11 is 0. The van der Waals surface area contributed by atoms with Gasteiger partial charge in [-0.15, -0.1) is 0 Å². The van der Waals surface area contributed by atoms with Gasteiger partial charge in [-0.05, 0) is 33.4 Å². The molecule has 3 rings (SSSR count). The van der Waals surface area contributed by atoms with Crippen molar-refractivity contribution in [2.24, 2.45) is 0 Å². The fourth-order valence-corrected chi connectivity index (χ4v) is 3.79. The molecule has 1 amide bonds. The standard InChI is InChI=1S/C19H33N5O2/c1-4-22-9-11-23(12-10-22)8-5-7-20-19(25)18-16-14-26-13-6-17(16)24(21-18)15(2)3/h15H,4-14H2,1-3H3,(H,20,25). The van der Waals surface area contributed by atoms with Crippen molar-refractivity contribution in [3.63, 3.8) is 0 Å². The second-order valence-corrected chi connectivity index (χ2v) is 7.50. The number of carbonyl (C=O) groups is 1. The van der Waals surface area contributed by atoms with Crippen LogP contribution in [0.5, 0.6) is 0 Å². The van der Waals surface area contributed by atoms with Gasteiger partial charge in [-0.25, -0.2) is 0 Å². The van der Waals surface area contributed by atoms with Crippen molar-refractivity contribution in [3.05, 3.63) is 17.0 Å². The van der Waals surface area contributed by atoms with Gasteiger partial charge in [-0.1, -0.05) is 6.92 Å². The first-order valence-electron chi connectivity index (χ1n) is 10.0. The molecule has 7 nitrogen and oxygen atoms in total. The van der Waals surface area contributed by atoms with Crippen LogP contribution in [0.3, 0.4) is 0 Å². The van der Waals surface area contributed by atoms with Crippen molar-refractivity contribution in [1.29, 1.82) is 0 Å². The van der Waals surface area contributed by atoms with E-state index in [9.17, 15) is 4.79 Å². The van der Waals surface area contributed by atoms with Crippen molar-refractivity contribution in [2.45, 2.75) is 46.3 Å². The van der Waals surface area contributed by atoms with Crippen LogP contribution < -0.4 is 5.32 Å². The van der Waals surface area contributed by atoms with Crippen molar-refractivity contribution in [3.8, 4) is 0 Å². The lowest BCUT2D eigenvalue weighted by Gasteiger charge is -2.33. The summed E-state index contributed by atoms with van der Waals surface area (Å²) in [4.78, 5) is 17.6. The Morgan fingerprint density at radius 1 is 1.23 bits per heavy atom. The number of fused-ring (bicyclic) bond motifs is 1. The van der Waals surface area contributed by atoms with Crippen LogP contribution in [0.15, 0.2) is 0 Å². The summed E-state index contributed by atoms with van der Waals surface area (Å²) in [5, 5.41) is 7.64. The van der Waals surface area contributed by atoms with Gasteiger partial charge in [0.2, 0.25) is 0 Å². The summed E-state index contributed by atoms with van der Waals surface area (Å²) in [5.41, 5.74) is 2.67. The maximum atomic E-state index is 12.6. The molecule has 3 heterocycles. The van der Waals surface area contributed by atoms with E-state index < -0.39 is 0 Å². The normalized spacial score (nSPS) is 18.9. The Hall–Kier alpha value is -1.44. The predicted octanol–water partition coefficient (Wildman–Crippen LogP) is 1.29. The third-order valence-corrected chi connectivity index (χ3v) is 5.40. The Morgan fingerprint density at radius 3 is 2.65 bits per heavy atom. The van der Waals surface area contributed by atoms with Crippen molar-refractivity contribution < 1.29 is 9.53 Å². The predicted molar refractivity (Wildman–Crippen MR) is 101 cm³/mol. The molecule has 1 N–H and O–H groups in total. The van der Waals surface area contributed by atoms with E-state index in [-0.39, 0.29) is 11.9 Å². The molecular weight excluding hydrogens is 330 g/mol. The van der Waals surface area contributed by atoms with Gasteiger partial charge in [-0.3, -0.25) is 9.48 Å². The lowest BCUT2D eigenvalue weighted by Crippen LogP contribution is -2.46. The molecule has 0 radical (unpaired) electrons. The monoisotopic (exact) mass is 363 g/mol.